The van der Waals surface area contributed by atoms with Gasteiger partial charge in [0.1, 0.15) is 15.8 Å². The number of nitrogens with zero attached hydrogens (tertiary/aromatic N) is 4. The van der Waals surface area contributed by atoms with E-state index >= 15 is 0 Å². The Bertz CT molecular complexity index is 991. The van der Waals surface area contributed by atoms with E-state index in [1.807, 2.05) is 11.0 Å². The maximum absolute atomic E-state index is 12.6. The van der Waals surface area contributed by atoms with Crippen molar-refractivity contribution in [1.82, 2.24) is 14.7 Å². The number of esters is 1. The monoisotopic (exact) mass is 421 g/mol. The maximum Gasteiger partial charge on any atom is 0.349 e. The number of anilines is 1. The summed E-state index contributed by atoms with van der Waals surface area (Å²) in [7, 11) is -2.58. The molecule has 0 spiro atoms. The van der Waals surface area contributed by atoms with Crippen LogP contribution in [0.2, 0.25) is 0 Å². The standard InChI is InChI=1S/C17H19N5O4S2/c1-26-17(23)15-14(4-9-27-15)28(24,25)21-11-12-2-7-22(8-3-12)16-13(10-18)19-5-6-20-16/h4-6,9,12,21H,2-3,7-8,11H2,1H3. The number of methoxy groups -OCH3 is 1. The van der Waals surface area contributed by atoms with Crippen LogP contribution in [-0.2, 0) is 14.8 Å². The topological polar surface area (TPSA) is 125 Å². The van der Waals surface area contributed by atoms with E-state index in [1.54, 1.807) is 11.6 Å². The smallest absolute Gasteiger partial charge is 0.349 e. The van der Waals surface area contributed by atoms with Crippen molar-refractivity contribution in [3.8, 4) is 6.07 Å². The Morgan fingerprint density at radius 1 is 1.39 bits per heavy atom. The number of hydrogen-bond acceptors (Lipinski definition) is 9. The van der Waals surface area contributed by atoms with Gasteiger partial charge in [-0.2, -0.15) is 5.26 Å². The third kappa shape index (κ3) is 4.30. The molecule has 28 heavy (non-hydrogen) atoms. The van der Waals surface area contributed by atoms with E-state index in [1.165, 1.54) is 19.4 Å². The molecular weight excluding hydrogens is 402 g/mol. The molecule has 1 N–H and O–H groups in total. The lowest BCUT2D eigenvalue weighted by molar-refractivity contribution is 0.0602. The summed E-state index contributed by atoms with van der Waals surface area (Å²) < 4.78 is 32.4. The van der Waals surface area contributed by atoms with Crippen LogP contribution in [0.1, 0.15) is 28.2 Å². The van der Waals surface area contributed by atoms with Gasteiger partial charge in [-0.3, -0.25) is 0 Å². The van der Waals surface area contributed by atoms with Gasteiger partial charge >= 0.3 is 5.97 Å². The molecule has 0 unspecified atom stereocenters. The average Bonchev–Trinajstić information content (AvgIpc) is 3.23. The third-order valence-corrected chi connectivity index (χ3v) is 7.04. The van der Waals surface area contributed by atoms with Gasteiger partial charge in [-0.05, 0) is 30.2 Å². The van der Waals surface area contributed by atoms with Crippen LogP contribution in [0.3, 0.4) is 0 Å². The minimum Gasteiger partial charge on any atom is -0.465 e. The first kappa shape index (κ1) is 20.2. The van der Waals surface area contributed by atoms with Gasteiger partial charge in [0, 0.05) is 32.0 Å². The molecule has 0 atom stereocenters. The van der Waals surface area contributed by atoms with Crippen molar-refractivity contribution in [2.24, 2.45) is 5.92 Å². The second-order valence-electron chi connectivity index (χ2n) is 6.23. The number of ether oxygens (including phenoxy) is 1. The Morgan fingerprint density at radius 3 is 2.79 bits per heavy atom. The Morgan fingerprint density at radius 2 is 2.11 bits per heavy atom. The molecule has 1 fully saturated rings. The van der Waals surface area contributed by atoms with Crippen LogP contribution >= 0.6 is 11.3 Å². The number of hydrogen-bond donors (Lipinski definition) is 1. The predicted molar refractivity (Wildman–Crippen MR) is 103 cm³/mol. The van der Waals surface area contributed by atoms with Crippen molar-refractivity contribution in [3.05, 3.63) is 34.4 Å². The summed E-state index contributed by atoms with van der Waals surface area (Å²) in [6.07, 6.45) is 4.53. The number of aromatic nitrogens is 2. The predicted octanol–water partition coefficient (Wildman–Crippen LogP) is 1.39. The molecule has 1 aliphatic rings. The second kappa shape index (κ2) is 8.64. The third-order valence-electron chi connectivity index (χ3n) is 4.55. The number of rotatable bonds is 6. The van der Waals surface area contributed by atoms with Crippen LogP contribution in [0, 0.1) is 17.2 Å². The molecule has 3 rings (SSSR count). The van der Waals surface area contributed by atoms with E-state index in [0.29, 0.717) is 18.9 Å². The number of sulfonamides is 1. The molecule has 148 valence electrons. The fourth-order valence-corrected chi connectivity index (χ4v) is 5.49. The summed E-state index contributed by atoms with van der Waals surface area (Å²) >= 11 is 1.03. The van der Waals surface area contributed by atoms with E-state index in [-0.39, 0.29) is 27.9 Å². The molecular formula is C17H19N5O4S2. The molecule has 0 aromatic carbocycles. The number of carbonyl (C=O) groups excluding carboxylic acids is 1. The molecule has 0 bridgehead atoms. The van der Waals surface area contributed by atoms with Gasteiger partial charge in [-0.1, -0.05) is 0 Å². The lowest BCUT2D eigenvalue weighted by atomic mass is 9.97. The highest BCUT2D eigenvalue weighted by atomic mass is 32.2. The molecule has 0 amide bonds. The van der Waals surface area contributed by atoms with Gasteiger partial charge in [0.15, 0.2) is 11.5 Å². The summed E-state index contributed by atoms with van der Waals surface area (Å²) in [5.74, 6) is 0.0411. The van der Waals surface area contributed by atoms with Crippen molar-refractivity contribution < 1.29 is 17.9 Å². The fourth-order valence-electron chi connectivity index (χ4n) is 3.05. The maximum atomic E-state index is 12.6. The van der Waals surface area contributed by atoms with Crippen LogP contribution < -0.4 is 9.62 Å². The van der Waals surface area contributed by atoms with Crippen LogP contribution in [0.25, 0.3) is 0 Å². The lowest BCUT2D eigenvalue weighted by Crippen LogP contribution is -2.39. The Balaban J connectivity index is 1.59. The highest BCUT2D eigenvalue weighted by Gasteiger charge is 2.27. The summed E-state index contributed by atoms with van der Waals surface area (Å²) in [5, 5.41) is 10.7. The summed E-state index contributed by atoms with van der Waals surface area (Å²) in [6.45, 7) is 1.59. The van der Waals surface area contributed by atoms with E-state index in [0.717, 1.165) is 24.2 Å². The van der Waals surface area contributed by atoms with Crippen LogP contribution in [-0.4, -0.2) is 51.1 Å². The van der Waals surface area contributed by atoms with Gasteiger partial charge < -0.3 is 9.64 Å². The van der Waals surface area contributed by atoms with Crippen LogP contribution in [0.15, 0.2) is 28.7 Å². The van der Waals surface area contributed by atoms with Crippen molar-refractivity contribution in [2.75, 3.05) is 31.6 Å². The first-order valence-electron chi connectivity index (χ1n) is 8.57. The number of nitrogens with one attached hydrogen (secondary N) is 1. The minimum atomic E-state index is -3.80. The van der Waals surface area contributed by atoms with E-state index in [4.69, 9.17) is 5.26 Å². The quantitative estimate of drug-likeness (QED) is 0.694. The average molecular weight is 422 g/mol. The molecule has 0 radical (unpaired) electrons. The SMILES string of the molecule is COC(=O)c1sccc1S(=O)(=O)NCC1CCN(c2nccnc2C#N)CC1. The van der Waals surface area contributed by atoms with Crippen molar-refractivity contribution >= 4 is 33.1 Å². The number of nitriles is 1. The Labute approximate surface area is 167 Å². The molecule has 0 aliphatic carbocycles. The molecule has 2 aromatic rings. The van der Waals surface area contributed by atoms with Crippen molar-refractivity contribution in [3.63, 3.8) is 0 Å². The molecule has 2 aromatic heterocycles. The van der Waals surface area contributed by atoms with E-state index < -0.39 is 16.0 Å². The number of piperidine rings is 1. The molecule has 3 heterocycles. The number of carbonyl (C=O) groups is 1. The first-order valence-corrected chi connectivity index (χ1v) is 10.9. The fraction of sp³-hybridized carbons (Fsp3) is 0.412. The highest BCUT2D eigenvalue weighted by Crippen LogP contribution is 2.25. The lowest BCUT2D eigenvalue weighted by Gasteiger charge is -2.32. The second-order valence-corrected chi connectivity index (χ2v) is 8.88. The van der Waals surface area contributed by atoms with Gasteiger partial charge in [0.05, 0.1) is 7.11 Å². The zero-order chi connectivity index (χ0) is 20.1. The Hall–Kier alpha value is -2.55. The minimum absolute atomic E-state index is 0.0555. The summed E-state index contributed by atoms with van der Waals surface area (Å²) in [4.78, 5) is 22.0. The first-order chi connectivity index (χ1) is 13.5. The van der Waals surface area contributed by atoms with Gasteiger partial charge in [-0.15, -0.1) is 11.3 Å². The normalized spacial score (nSPS) is 15.2. The zero-order valence-electron chi connectivity index (χ0n) is 15.2. The van der Waals surface area contributed by atoms with Gasteiger partial charge in [0.2, 0.25) is 10.0 Å². The van der Waals surface area contributed by atoms with Crippen LogP contribution in [0.4, 0.5) is 5.82 Å². The molecule has 11 heteroatoms. The van der Waals surface area contributed by atoms with Crippen molar-refractivity contribution in [1.29, 1.82) is 5.26 Å². The molecule has 1 aliphatic heterocycles. The number of thiophene rings is 1. The largest absolute Gasteiger partial charge is 0.465 e. The van der Waals surface area contributed by atoms with E-state index in [9.17, 15) is 13.2 Å². The van der Waals surface area contributed by atoms with Gasteiger partial charge in [0.25, 0.3) is 0 Å². The summed E-state index contributed by atoms with van der Waals surface area (Å²) in [6, 6.07) is 3.44. The molecule has 0 saturated carbocycles. The highest BCUT2D eigenvalue weighted by molar-refractivity contribution is 7.89. The van der Waals surface area contributed by atoms with E-state index in [2.05, 4.69) is 19.4 Å². The molecule has 9 nitrogen and oxygen atoms in total. The van der Waals surface area contributed by atoms with Crippen molar-refractivity contribution in [2.45, 2.75) is 17.7 Å². The zero-order valence-corrected chi connectivity index (χ0v) is 16.8. The molecule has 1 saturated heterocycles. The summed E-state index contributed by atoms with van der Waals surface area (Å²) in [5.41, 5.74) is 0.287. The Kier molecular flexibility index (Phi) is 6.23. The van der Waals surface area contributed by atoms with Gasteiger partial charge in [-0.25, -0.2) is 27.9 Å². The van der Waals surface area contributed by atoms with Crippen LogP contribution in [0.5, 0.6) is 0 Å².